The largest absolute Gasteiger partial charge is 0.444 e. The Hall–Kier alpha value is -3.13. The molecule has 31 heavy (non-hydrogen) atoms. The molecule has 0 saturated heterocycles. The van der Waals surface area contributed by atoms with E-state index < -0.39 is 11.7 Å². The summed E-state index contributed by atoms with van der Waals surface area (Å²) < 4.78 is 5.11. The van der Waals surface area contributed by atoms with Crippen LogP contribution >= 0.6 is 12.2 Å². The highest BCUT2D eigenvalue weighted by atomic mass is 32.1. The molecule has 0 unspecified atom stereocenters. The van der Waals surface area contributed by atoms with Gasteiger partial charge in [-0.1, -0.05) is 42.5 Å². The van der Waals surface area contributed by atoms with E-state index in [2.05, 4.69) is 33.4 Å². The number of nitrogens with one attached hydrogen (secondary N) is 4. The minimum absolute atomic E-state index is 0.174. The SMILES string of the molecule is CC(C)(C)OC(=O)NCC(=O)Nc1cccc(CNC(=S)NCCc2ccccc2)c1. The third-order valence-electron chi connectivity index (χ3n) is 4.00. The van der Waals surface area contributed by atoms with E-state index in [0.717, 1.165) is 18.5 Å². The van der Waals surface area contributed by atoms with Crippen molar-refractivity contribution in [1.29, 1.82) is 0 Å². The van der Waals surface area contributed by atoms with Crippen molar-refractivity contribution in [2.45, 2.75) is 39.3 Å². The average Bonchev–Trinajstić information content (AvgIpc) is 2.71. The highest BCUT2D eigenvalue weighted by molar-refractivity contribution is 7.80. The van der Waals surface area contributed by atoms with Crippen LogP contribution in [0.3, 0.4) is 0 Å². The van der Waals surface area contributed by atoms with Crippen molar-refractivity contribution in [3.8, 4) is 0 Å². The van der Waals surface area contributed by atoms with Crippen LogP contribution in [-0.4, -0.2) is 35.8 Å². The molecule has 0 aliphatic heterocycles. The Morgan fingerprint density at radius 1 is 0.935 bits per heavy atom. The fraction of sp³-hybridized carbons (Fsp3) is 0.348. The van der Waals surface area contributed by atoms with Gasteiger partial charge in [-0.15, -0.1) is 0 Å². The molecule has 0 fully saturated rings. The van der Waals surface area contributed by atoms with Crippen LogP contribution < -0.4 is 21.3 Å². The zero-order valence-corrected chi connectivity index (χ0v) is 19.0. The number of rotatable bonds is 8. The number of carbonyl (C=O) groups excluding carboxylic acids is 2. The molecular weight excluding hydrogens is 412 g/mol. The maximum Gasteiger partial charge on any atom is 0.408 e. The topological polar surface area (TPSA) is 91.5 Å². The molecular formula is C23H30N4O3S. The Bertz CT molecular complexity index is 882. The van der Waals surface area contributed by atoms with Gasteiger partial charge >= 0.3 is 6.09 Å². The van der Waals surface area contributed by atoms with Gasteiger partial charge in [0.15, 0.2) is 5.11 Å². The summed E-state index contributed by atoms with van der Waals surface area (Å²) in [7, 11) is 0. The summed E-state index contributed by atoms with van der Waals surface area (Å²) in [6, 6.07) is 17.6. The van der Waals surface area contributed by atoms with Crippen LogP contribution in [-0.2, 0) is 22.5 Å². The van der Waals surface area contributed by atoms with E-state index in [-0.39, 0.29) is 12.5 Å². The lowest BCUT2D eigenvalue weighted by Gasteiger charge is -2.19. The maximum atomic E-state index is 12.1. The van der Waals surface area contributed by atoms with Gasteiger partial charge in [-0.05, 0) is 62.7 Å². The number of anilines is 1. The number of amides is 2. The lowest BCUT2D eigenvalue weighted by Crippen LogP contribution is -2.37. The van der Waals surface area contributed by atoms with Crippen LogP contribution in [0.2, 0.25) is 0 Å². The fourth-order valence-corrected chi connectivity index (χ4v) is 2.81. The summed E-state index contributed by atoms with van der Waals surface area (Å²) in [5.41, 5.74) is 2.24. The Labute approximate surface area is 188 Å². The van der Waals surface area contributed by atoms with Crippen LogP contribution in [0, 0.1) is 0 Å². The summed E-state index contributed by atoms with van der Waals surface area (Å²) in [5, 5.41) is 12.1. The van der Waals surface area contributed by atoms with Crippen LogP contribution in [0.1, 0.15) is 31.9 Å². The van der Waals surface area contributed by atoms with Crippen molar-refractivity contribution < 1.29 is 14.3 Å². The monoisotopic (exact) mass is 442 g/mol. The molecule has 0 spiro atoms. The van der Waals surface area contributed by atoms with Crippen molar-refractivity contribution in [3.05, 3.63) is 65.7 Å². The first-order valence-corrected chi connectivity index (χ1v) is 10.5. The zero-order valence-electron chi connectivity index (χ0n) is 18.2. The van der Waals surface area contributed by atoms with Crippen LogP contribution in [0.25, 0.3) is 0 Å². The number of benzene rings is 2. The maximum absolute atomic E-state index is 12.1. The van der Waals surface area contributed by atoms with Crippen molar-refractivity contribution >= 4 is 35.0 Å². The highest BCUT2D eigenvalue weighted by Gasteiger charge is 2.16. The van der Waals surface area contributed by atoms with Gasteiger partial charge in [0.25, 0.3) is 0 Å². The molecule has 0 heterocycles. The standard InChI is InChI=1S/C23H30N4O3S/c1-23(2,3)30-22(29)26-16-20(28)27-19-11-7-10-18(14-19)15-25-21(31)24-13-12-17-8-5-4-6-9-17/h4-11,14H,12-13,15-16H2,1-3H3,(H,26,29)(H,27,28)(H2,24,25,31). The van der Waals surface area contributed by atoms with Crippen molar-refractivity contribution in [1.82, 2.24) is 16.0 Å². The molecule has 2 aromatic rings. The first-order valence-electron chi connectivity index (χ1n) is 10.1. The number of hydrogen-bond acceptors (Lipinski definition) is 4. The number of thiocarbonyl (C=S) groups is 1. The second-order valence-electron chi connectivity index (χ2n) is 7.95. The lowest BCUT2D eigenvalue weighted by molar-refractivity contribution is -0.115. The molecule has 4 N–H and O–H groups in total. The quantitative estimate of drug-likeness (QED) is 0.469. The third kappa shape index (κ3) is 10.5. The summed E-state index contributed by atoms with van der Waals surface area (Å²) in [6.45, 7) is 6.38. The normalized spacial score (nSPS) is 10.7. The molecule has 0 bridgehead atoms. The van der Waals surface area contributed by atoms with Gasteiger partial charge in [0.05, 0.1) is 0 Å². The van der Waals surface area contributed by atoms with Gasteiger partial charge in [0.2, 0.25) is 5.91 Å². The fourth-order valence-electron chi connectivity index (χ4n) is 2.64. The predicted octanol–water partition coefficient (Wildman–Crippen LogP) is 3.36. The van der Waals surface area contributed by atoms with E-state index in [1.165, 1.54) is 5.56 Å². The summed E-state index contributed by atoms with van der Waals surface area (Å²) in [5.74, 6) is -0.339. The van der Waals surface area contributed by atoms with Crippen LogP contribution in [0.15, 0.2) is 54.6 Å². The van der Waals surface area contributed by atoms with E-state index in [1.807, 2.05) is 36.4 Å². The second kappa shape index (κ2) is 11.9. The van der Waals surface area contributed by atoms with Gasteiger partial charge < -0.3 is 26.0 Å². The summed E-state index contributed by atoms with van der Waals surface area (Å²) in [4.78, 5) is 23.7. The molecule has 0 aliphatic carbocycles. The minimum atomic E-state index is -0.631. The molecule has 0 atom stereocenters. The first kappa shape index (κ1) is 24.1. The van der Waals surface area contributed by atoms with Gasteiger partial charge in [0.1, 0.15) is 12.1 Å². The lowest BCUT2D eigenvalue weighted by atomic mass is 10.1. The molecule has 7 nitrogen and oxygen atoms in total. The van der Waals surface area contributed by atoms with Gasteiger partial charge in [-0.3, -0.25) is 4.79 Å². The number of ether oxygens (including phenoxy) is 1. The Kier molecular flexibility index (Phi) is 9.27. The van der Waals surface area contributed by atoms with E-state index in [9.17, 15) is 9.59 Å². The second-order valence-corrected chi connectivity index (χ2v) is 8.36. The molecule has 8 heteroatoms. The van der Waals surface area contributed by atoms with Gasteiger partial charge in [-0.2, -0.15) is 0 Å². The van der Waals surface area contributed by atoms with Crippen molar-refractivity contribution in [2.24, 2.45) is 0 Å². The molecule has 0 saturated carbocycles. The Morgan fingerprint density at radius 3 is 2.35 bits per heavy atom. The van der Waals surface area contributed by atoms with Crippen molar-refractivity contribution in [3.63, 3.8) is 0 Å². The van der Waals surface area contributed by atoms with E-state index in [1.54, 1.807) is 26.8 Å². The molecule has 2 rings (SSSR count). The molecule has 0 radical (unpaired) electrons. The number of carbonyl (C=O) groups is 2. The zero-order chi connectivity index (χ0) is 22.7. The molecule has 2 aromatic carbocycles. The van der Waals surface area contributed by atoms with Crippen LogP contribution in [0.4, 0.5) is 10.5 Å². The third-order valence-corrected chi connectivity index (χ3v) is 4.29. The molecule has 2 amide bonds. The molecule has 166 valence electrons. The predicted molar refractivity (Wildman–Crippen MR) is 127 cm³/mol. The minimum Gasteiger partial charge on any atom is -0.444 e. The number of hydrogen-bond donors (Lipinski definition) is 4. The highest BCUT2D eigenvalue weighted by Crippen LogP contribution is 2.10. The average molecular weight is 443 g/mol. The van der Waals surface area contributed by atoms with Crippen molar-refractivity contribution in [2.75, 3.05) is 18.4 Å². The van der Waals surface area contributed by atoms with E-state index >= 15 is 0 Å². The summed E-state index contributed by atoms with van der Waals surface area (Å²) >= 11 is 5.32. The number of alkyl carbamates (subject to hydrolysis) is 1. The van der Waals surface area contributed by atoms with Gasteiger partial charge in [0, 0.05) is 18.8 Å². The van der Waals surface area contributed by atoms with Crippen LogP contribution in [0.5, 0.6) is 0 Å². The Morgan fingerprint density at radius 2 is 1.65 bits per heavy atom. The van der Waals surface area contributed by atoms with E-state index in [4.69, 9.17) is 17.0 Å². The van der Waals surface area contributed by atoms with E-state index in [0.29, 0.717) is 17.3 Å². The Balaban J connectivity index is 1.71. The van der Waals surface area contributed by atoms with Gasteiger partial charge in [-0.25, -0.2) is 4.79 Å². The molecule has 0 aromatic heterocycles. The summed E-state index contributed by atoms with van der Waals surface area (Å²) in [6.07, 6.45) is 0.260. The first-order chi connectivity index (χ1) is 14.7. The smallest absolute Gasteiger partial charge is 0.408 e. The molecule has 0 aliphatic rings.